The summed E-state index contributed by atoms with van der Waals surface area (Å²) in [6, 6.07) is 19.5. The second kappa shape index (κ2) is 7.57. The molecule has 1 spiro atoms. The third-order valence-corrected chi connectivity index (χ3v) is 8.14. The summed E-state index contributed by atoms with van der Waals surface area (Å²) in [6.45, 7) is 3.53. The maximum Gasteiger partial charge on any atom is 0.227 e. The van der Waals surface area contributed by atoms with Crippen LogP contribution in [0.15, 0.2) is 59.5 Å². The number of carbonyl (C=O) groups is 1. The van der Waals surface area contributed by atoms with Gasteiger partial charge >= 0.3 is 0 Å². The molecule has 28 heavy (non-hydrogen) atoms. The van der Waals surface area contributed by atoms with Crippen molar-refractivity contribution in [1.29, 1.82) is 0 Å². The monoisotopic (exact) mass is 392 g/mol. The van der Waals surface area contributed by atoms with Gasteiger partial charge in [0.05, 0.1) is 5.92 Å². The molecule has 2 unspecified atom stereocenters. The summed E-state index contributed by atoms with van der Waals surface area (Å²) in [7, 11) is 0. The molecule has 3 aliphatic heterocycles. The highest BCUT2D eigenvalue weighted by Crippen LogP contribution is 2.48. The third-order valence-electron chi connectivity index (χ3n) is 7.06. The first-order valence-corrected chi connectivity index (χ1v) is 11.5. The molecule has 1 N–H and O–H groups in total. The molecule has 2 saturated heterocycles. The van der Waals surface area contributed by atoms with E-state index in [4.69, 9.17) is 0 Å². The Kier molecular flexibility index (Phi) is 4.93. The van der Waals surface area contributed by atoms with Crippen LogP contribution < -0.4 is 5.32 Å². The van der Waals surface area contributed by atoms with Gasteiger partial charge in [0.1, 0.15) is 0 Å². The van der Waals surface area contributed by atoms with E-state index in [0.29, 0.717) is 11.8 Å². The molecule has 0 aliphatic carbocycles. The Hall–Kier alpha value is -1.78. The van der Waals surface area contributed by atoms with E-state index < -0.39 is 0 Å². The number of hydrogen-bond acceptors (Lipinski definition) is 3. The first kappa shape index (κ1) is 18.3. The van der Waals surface area contributed by atoms with Crippen LogP contribution in [0.25, 0.3) is 0 Å². The fourth-order valence-corrected chi connectivity index (χ4v) is 6.78. The second-order valence-electron chi connectivity index (χ2n) is 8.44. The van der Waals surface area contributed by atoms with Crippen LogP contribution in [0.4, 0.5) is 0 Å². The summed E-state index contributed by atoms with van der Waals surface area (Å²) in [4.78, 5) is 17.1. The quantitative estimate of drug-likeness (QED) is 0.837. The van der Waals surface area contributed by atoms with Crippen LogP contribution in [0, 0.1) is 5.92 Å². The topological polar surface area (TPSA) is 32.3 Å². The van der Waals surface area contributed by atoms with Crippen molar-refractivity contribution in [3.05, 3.63) is 65.7 Å². The van der Waals surface area contributed by atoms with Gasteiger partial charge in [-0.1, -0.05) is 48.5 Å². The van der Waals surface area contributed by atoms with E-state index >= 15 is 0 Å². The van der Waals surface area contributed by atoms with Crippen molar-refractivity contribution < 1.29 is 4.79 Å². The van der Waals surface area contributed by atoms with Crippen LogP contribution in [0.5, 0.6) is 0 Å². The van der Waals surface area contributed by atoms with Gasteiger partial charge in [-0.15, -0.1) is 11.8 Å². The minimum atomic E-state index is -0.0186. The van der Waals surface area contributed by atoms with E-state index in [2.05, 4.69) is 64.8 Å². The number of likely N-dealkylation sites (tertiary alicyclic amines) is 1. The summed E-state index contributed by atoms with van der Waals surface area (Å²) < 4.78 is 0. The zero-order valence-electron chi connectivity index (χ0n) is 16.3. The molecule has 4 heteroatoms. The molecule has 0 bridgehead atoms. The largest absolute Gasteiger partial charge is 0.342 e. The zero-order valence-corrected chi connectivity index (χ0v) is 17.1. The molecule has 3 nitrogen and oxygen atoms in total. The first-order chi connectivity index (χ1) is 13.8. The number of thioether (sulfide) groups is 1. The van der Waals surface area contributed by atoms with Gasteiger partial charge in [-0.3, -0.25) is 4.79 Å². The van der Waals surface area contributed by atoms with Crippen molar-refractivity contribution in [1.82, 2.24) is 10.2 Å². The second-order valence-corrected chi connectivity index (χ2v) is 9.58. The first-order valence-electron chi connectivity index (χ1n) is 10.5. The van der Waals surface area contributed by atoms with Gasteiger partial charge in [-0.2, -0.15) is 0 Å². The lowest BCUT2D eigenvalue weighted by Gasteiger charge is -2.42. The van der Waals surface area contributed by atoms with E-state index in [9.17, 15) is 4.79 Å². The number of fused-ring (bicyclic) bond motifs is 2. The highest BCUT2D eigenvalue weighted by atomic mass is 32.2. The molecule has 2 atom stereocenters. The lowest BCUT2D eigenvalue weighted by atomic mass is 9.69. The standard InChI is InChI=1S/C24H28N2OS/c27-23(26-13-10-19(11-14-26)18-6-2-1-3-7-18)21-16-25-17-24(21)12-15-28-22-9-5-4-8-20(22)24/h1-9,19,21,25H,10-17H2. The summed E-state index contributed by atoms with van der Waals surface area (Å²) in [5, 5.41) is 3.57. The zero-order chi connectivity index (χ0) is 19.0. The number of nitrogens with zero attached hydrogens (tertiary/aromatic N) is 1. The third kappa shape index (κ3) is 3.07. The Morgan fingerprint density at radius 3 is 2.61 bits per heavy atom. The van der Waals surface area contributed by atoms with Crippen LogP contribution in [0.3, 0.4) is 0 Å². The smallest absolute Gasteiger partial charge is 0.227 e. The Morgan fingerprint density at radius 2 is 1.79 bits per heavy atom. The molecule has 1 amide bonds. The van der Waals surface area contributed by atoms with Gasteiger partial charge in [-0.05, 0) is 48.1 Å². The van der Waals surface area contributed by atoms with Crippen molar-refractivity contribution in [2.45, 2.75) is 35.5 Å². The molecule has 3 aliphatic rings. The molecule has 3 heterocycles. The van der Waals surface area contributed by atoms with Crippen LogP contribution in [-0.2, 0) is 10.2 Å². The lowest BCUT2D eigenvalue weighted by molar-refractivity contribution is -0.138. The number of amides is 1. The lowest BCUT2D eigenvalue weighted by Crippen LogP contribution is -2.49. The Morgan fingerprint density at radius 1 is 1.04 bits per heavy atom. The van der Waals surface area contributed by atoms with Crippen molar-refractivity contribution in [3.63, 3.8) is 0 Å². The maximum atomic E-state index is 13.6. The molecule has 5 rings (SSSR count). The van der Waals surface area contributed by atoms with Gasteiger partial charge in [0.25, 0.3) is 0 Å². The Balaban J connectivity index is 1.34. The van der Waals surface area contributed by atoms with Crippen LogP contribution in [0.1, 0.15) is 36.3 Å². The predicted octanol–water partition coefficient (Wildman–Crippen LogP) is 4.05. The highest BCUT2D eigenvalue weighted by molar-refractivity contribution is 7.99. The average Bonchev–Trinajstić information content (AvgIpc) is 3.18. The van der Waals surface area contributed by atoms with Gasteiger partial charge < -0.3 is 10.2 Å². The number of nitrogens with one attached hydrogen (secondary N) is 1. The highest BCUT2D eigenvalue weighted by Gasteiger charge is 2.51. The van der Waals surface area contributed by atoms with Gasteiger partial charge in [0.2, 0.25) is 5.91 Å². The number of hydrogen-bond donors (Lipinski definition) is 1. The van der Waals surface area contributed by atoms with E-state index in [-0.39, 0.29) is 11.3 Å². The molecule has 0 aromatic heterocycles. The molecule has 0 radical (unpaired) electrons. The van der Waals surface area contributed by atoms with Crippen LogP contribution in [0.2, 0.25) is 0 Å². The molecule has 2 aromatic carbocycles. The molecule has 0 saturated carbocycles. The molecule has 2 aromatic rings. The van der Waals surface area contributed by atoms with E-state index in [1.54, 1.807) is 0 Å². The van der Waals surface area contributed by atoms with Gasteiger partial charge in [0, 0.05) is 36.5 Å². The minimum Gasteiger partial charge on any atom is -0.342 e. The van der Waals surface area contributed by atoms with Crippen molar-refractivity contribution >= 4 is 17.7 Å². The Labute approximate surface area is 171 Å². The van der Waals surface area contributed by atoms with E-state index in [0.717, 1.165) is 51.2 Å². The molecular weight excluding hydrogens is 364 g/mol. The SMILES string of the molecule is O=C(C1CNCC12CCSc1ccccc12)N1CCC(c2ccccc2)CC1. The Bertz CT molecular complexity index is 847. The van der Waals surface area contributed by atoms with Gasteiger partial charge in [-0.25, -0.2) is 0 Å². The van der Waals surface area contributed by atoms with Crippen molar-refractivity contribution in [3.8, 4) is 0 Å². The van der Waals surface area contributed by atoms with Crippen LogP contribution >= 0.6 is 11.8 Å². The fraction of sp³-hybridized carbons (Fsp3) is 0.458. The number of rotatable bonds is 2. The number of benzene rings is 2. The summed E-state index contributed by atoms with van der Waals surface area (Å²) >= 11 is 1.94. The average molecular weight is 393 g/mol. The number of carbonyl (C=O) groups excluding carboxylic acids is 1. The summed E-state index contributed by atoms with van der Waals surface area (Å²) in [5.41, 5.74) is 2.80. The minimum absolute atomic E-state index is 0.0186. The van der Waals surface area contributed by atoms with Crippen LogP contribution in [-0.4, -0.2) is 42.7 Å². The van der Waals surface area contributed by atoms with Crippen molar-refractivity contribution in [2.75, 3.05) is 31.9 Å². The number of piperidine rings is 1. The van der Waals surface area contributed by atoms with Gasteiger partial charge in [0.15, 0.2) is 0 Å². The normalized spacial score (nSPS) is 27.7. The van der Waals surface area contributed by atoms with E-state index in [1.807, 2.05) is 11.8 Å². The molecule has 2 fully saturated rings. The maximum absolute atomic E-state index is 13.6. The fourth-order valence-electron chi connectivity index (χ4n) is 5.49. The van der Waals surface area contributed by atoms with E-state index in [1.165, 1.54) is 16.0 Å². The summed E-state index contributed by atoms with van der Waals surface area (Å²) in [6.07, 6.45) is 3.25. The van der Waals surface area contributed by atoms with Crippen molar-refractivity contribution in [2.24, 2.45) is 5.92 Å². The predicted molar refractivity (Wildman–Crippen MR) is 115 cm³/mol. The summed E-state index contributed by atoms with van der Waals surface area (Å²) in [5.74, 6) is 2.15. The molecular formula is C24H28N2OS. The molecule has 146 valence electrons.